The first kappa shape index (κ1) is 13.9. The smallest absolute Gasteiger partial charge is 0.546 e. The van der Waals surface area contributed by atoms with Crippen molar-refractivity contribution in [2.24, 2.45) is 0 Å². The van der Waals surface area contributed by atoms with Gasteiger partial charge in [-0.2, -0.15) is 0 Å². The fourth-order valence-electron chi connectivity index (χ4n) is 0.842. The molecule has 0 amide bonds. The summed E-state index contributed by atoms with van der Waals surface area (Å²) in [6.45, 7) is 3.17. The Hall–Kier alpha value is -0.134. The SMILES string of the molecule is C=Cc1ccc(OCC(=O)[O-])cc1.[K+]. The number of carbonyl (C=O) groups is 1. The number of ether oxygens (including phenoxy) is 1. The van der Waals surface area contributed by atoms with Crippen LogP contribution in [0.3, 0.4) is 0 Å². The van der Waals surface area contributed by atoms with Crippen LogP contribution in [0.2, 0.25) is 0 Å². The summed E-state index contributed by atoms with van der Waals surface area (Å²) in [5.41, 5.74) is 0.959. The first-order valence-electron chi connectivity index (χ1n) is 3.77. The molecule has 0 aliphatic heterocycles. The van der Waals surface area contributed by atoms with Gasteiger partial charge in [0.05, 0.1) is 5.97 Å². The molecule has 0 atom stereocenters. The first-order chi connectivity index (χ1) is 6.22. The molecule has 1 aromatic carbocycles. The predicted molar refractivity (Wildman–Crippen MR) is 47.0 cm³/mol. The number of carboxylic acid groups (broad SMARTS) is 1. The van der Waals surface area contributed by atoms with E-state index in [9.17, 15) is 9.90 Å². The van der Waals surface area contributed by atoms with E-state index in [1.54, 1.807) is 30.3 Å². The van der Waals surface area contributed by atoms with Crippen LogP contribution in [0.4, 0.5) is 0 Å². The van der Waals surface area contributed by atoms with Crippen molar-refractivity contribution in [2.75, 3.05) is 6.61 Å². The Morgan fingerprint density at radius 2 is 2.00 bits per heavy atom. The molecule has 1 aromatic rings. The summed E-state index contributed by atoms with van der Waals surface area (Å²) in [6.07, 6.45) is 1.70. The Kier molecular flexibility index (Phi) is 7.13. The van der Waals surface area contributed by atoms with Crippen LogP contribution in [0.1, 0.15) is 5.56 Å². The van der Waals surface area contributed by atoms with Gasteiger partial charge in [-0.05, 0) is 17.7 Å². The Morgan fingerprint density at radius 3 is 2.43 bits per heavy atom. The normalized spacial score (nSPS) is 8.57. The number of aliphatic carboxylic acids is 1. The third-order valence-corrected chi connectivity index (χ3v) is 1.47. The van der Waals surface area contributed by atoms with Gasteiger partial charge in [-0.1, -0.05) is 24.8 Å². The van der Waals surface area contributed by atoms with Crippen molar-refractivity contribution in [3.63, 3.8) is 0 Å². The summed E-state index contributed by atoms with van der Waals surface area (Å²) < 4.78 is 4.87. The molecule has 0 bridgehead atoms. The number of benzene rings is 1. The Balaban J connectivity index is 0.00000169. The van der Waals surface area contributed by atoms with Crippen molar-refractivity contribution >= 4 is 12.0 Å². The molecule has 1 rings (SSSR count). The zero-order valence-electron chi connectivity index (χ0n) is 8.03. The second-order valence-corrected chi connectivity index (χ2v) is 2.43. The van der Waals surface area contributed by atoms with E-state index < -0.39 is 12.6 Å². The average Bonchev–Trinajstić information content (AvgIpc) is 2.15. The van der Waals surface area contributed by atoms with Crippen LogP contribution >= 0.6 is 0 Å². The van der Waals surface area contributed by atoms with E-state index in [0.29, 0.717) is 5.75 Å². The zero-order valence-corrected chi connectivity index (χ0v) is 11.1. The van der Waals surface area contributed by atoms with E-state index in [4.69, 9.17) is 4.74 Å². The molecule has 4 heteroatoms. The second kappa shape index (κ2) is 7.20. The fraction of sp³-hybridized carbons (Fsp3) is 0.100. The zero-order chi connectivity index (χ0) is 9.68. The molecule has 14 heavy (non-hydrogen) atoms. The van der Waals surface area contributed by atoms with E-state index in [1.807, 2.05) is 0 Å². The van der Waals surface area contributed by atoms with Crippen molar-refractivity contribution < 1.29 is 66.0 Å². The van der Waals surface area contributed by atoms with Crippen molar-refractivity contribution in [3.05, 3.63) is 36.4 Å². The van der Waals surface area contributed by atoms with Crippen molar-refractivity contribution in [1.82, 2.24) is 0 Å². The number of carbonyl (C=O) groups excluding carboxylic acids is 1. The molecule has 3 nitrogen and oxygen atoms in total. The number of hydrogen-bond acceptors (Lipinski definition) is 3. The maximum Gasteiger partial charge on any atom is 1.00 e. The van der Waals surface area contributed by atoms with Gasteiger partial charge in [0.15, 0.2) is 0 Å². The van der Waals surface area contributed by atoms with Crippen LogP contribution < -0.4 is 61.2 Å². The molecule has 0 N–H and O–H groups in total. The van der Waals surface area contributed by atoms with Gasteiger partial charge in [0, 0.05) is 0 Å². The molecule has 0 aromatic heterocycles. The molecule has 0 radical (unpaired) electrons. The van der Waals surface area contributed by atoms with E-state index >= 15 is 0 Å². The third-order valence-electron chi connectivity index (χ3n) is 1.47. The Morgan fingerprint density at radius 1 is 1.43 bits per heavy atom. The van der Waals surface area contributed by atoms with Crippen molar-refractivity contribution in [2.45, 2.75) is 0 Å². The average molecular weight is 216 g/mol. The Bertz CT molecular complexity index is 306. The van der Waals surface area contributed by atoms with Gasteiger partial charge in [0.25, 0.3) is 0 Å². The summed E-state index contributed by atoms with van der Waals surface area (Å²) in [6, 6.07) is 6.94. The standard InChI is InChI=1S/C10H10O3.K/c1-2-8-3-5-9(6-4-8)13-7-10(11)12;/h2-6H,1,7H2,(H,11,12);/q;+1/p-1. The summed E-state index contributed by atoms with van der Waals surface area (Å²) >= 11 is 0. The molecule has 0 spiro atoms. The number of hydrogen-bond donors (Lipinski definition) is 0. The third kappa shape index (κ3) is 4.93. The number of rotatable bonds is 4. The minimum Gasteiger partial charge on any atom is -0.546 e. The topological polar surface area (TPSA) is 49.4 Å². The molecular weight excluding hydrogens is 207 g/mol. The van der Waals surface area contributed by atoms with Gasteiger partial charge in [0.1, 0.15) is 12.4 Å². The van der Waals surface area contributed by atoms with Gasteiger partial charge in [-0.15, -0.1) is 0 Å². The minimum atomic E-state index is -1.23. The molecule has 0 aliphatic carbocycles. The van der Waals surface area contributed by atoms with E-state index in [-0.39, 0.29) is 51.4 Å². The van der Waals surface area contributed by atoms with Gasteiger partial charge in [-0.3, -0.25) is 0 Å². The fourth-order valence-corrected chi connectivity index (χ4v) is 0.842. The largest absolute Gasteiger partial charge is 1.00 e. The molecule has 0 saturated carbocycles. The van der Waals surface area contributed by atoms with Gasteiger partial charge in [0.2, 0.25) is 0 Å². The maximum absolute atomic E-state index is 10.0. The first-order valence-corrected chi connectivity index (χ1v) is 3.77. The maximum atomic E-state index is 10.0. The summed E-state index contributed by atoms with van der Waals surface area (Å²) in [7, 11) is 0. The molecule has 0 fully saturated rings. The van der Waals surface area contributed by atoms with Gasteiger partial charge in [-0.25, -0.2) is 0 Å². The van der Waals surface area contributed by atoms with Crippen molar-refractivity contribution in [1.29, 1.82) is 0 Å². The van der Waals surface area contributed by atoms with Crippen LogP contribution in [0.15, 0.2) is 30.8 Å². The van der Waals surface area contributed by atoms with Gasteiger partial charge < -0.3 is 14.6 Å². The monoisotopic (exact) mass is 216 g/mol. The van der Waals surface area contributed by atoms with Crippen molar-refractivity contribution in [3.8, 4) is 5.75 Å². The van der Waals surface area contributed by atoms with Gasteiger partial charge >= 0.3 is 51.4 Å². The molecule has 0 saturated heterocycles. The van der Waals surface area contributed by atoms with E-state index in [1.165, 1.54) is 0 Å². The molecule has 0 aliphatic rings. The van der Waals surface area contributed by atoms with Crippen LogP contribution in [0.5, 0.6) is 5.75 Å². The van der Waals surface area contributed by atoms with Crippen LogP contribution in [-0.2, 0) is 4.79 Å². The molecule has 0 unspecified atom stereocenters. The van der Waals surface area contributed by atoms with E-state index in [0.717, 1.165) is 5.56 Å². The summed E-state index contributed by atoms with van der Waals surface area (Å²) in [5.74, 6) is -0.720. The second-order valence-electron chi connectivity index (χ2n) is 2.43. The van der Waals surface area contributed by atoms with Crippen LogP contribution in [0.25, 0.3) is 6.08 Å². The minimum absolute atomic E-state index is 0. The van der Waals surface area contributed by atoms with E-state index in [2.05, 4.69) is 6.58 Å². The quantitative estimate of drug-likeness (QED) is 0.521. The predicted octanol–water partition coefficient (Wildman–Crippen LogP) is -2.54. The molecular formula is C10H9KO3. The number of carboxylic acids is 1. The molecule has 0 heterocycles. The summed E-state index contributed by atoms with van der Waals surface area (Å²) in [5, 5.41) is 10.0. The molecule has 68 valence electrons. The van der Waals surface area contributed by atoms with Crippen LogP contribution in [0, 0.1) is 0 Å². The van der Waals surface area contributed by atoms with Crippen LogP contribution in [-0.4, -0.2) is 12.6 Å². The Labute approximate surface area is 125 Å². The summed E-state index contributed by atoms with van der Waals surface area (Å²) in [4.78, 5) is 10.0.